The third kappa shape index (κ3) is 5.82. The molecule has 1 amide bonds. The molecule has 1 fully saturated rings. The van der Waals surface area contributed by atoms with E-state index < -0.39 is 10.0 Å². The van der Waals surface area contributed by atoms with Gasteiger partial charge in [0.05, 0.1) is 6.26 Å². The molecule has 10 heteroatoms. The lowest BCUT2D eigenvalue weighted by atomic mass is 9.97. The Morgan fingerprint density at radius 1 is 1.19 bits per heavy atom. The van der Waals surface area contributed by atoms with E-state index in [1.807, 2.05) is 24.3 Å². The Kier molecular flexibility index (Phi) is 7.32. The van der Waals surface area contributed by atoms with E-state index in [1.54, 1.807) is 7.05 Å². The van der Waals surface area contributed by atoms with Crippen molar-refractivity contribution in [2.75, 3.05) is 24.7 Å². The van der Waals surface area contributed by atoms with Gasteiger partial charge in [-0.25, -0.2) is 22.2 Å². The van der Waals surface area contributed by atoms with Gasteiger partial charge in [0.2, 0.25) is 15.9 Å². The fraction of sp³-hybridized carbons (Fsp3) is 0.571. The number of amides is 1. The van der Waals surface area contributed by atoms with Crippen LogP contribution in [0, 0.1) is 0 Å². The van der Waals surface area contributed by atoms with Crippen LogP contribution in [0.2, 0.25) is 0 Å². The van der Waals surface area contributed by atoms with Crippen LogP contribution in [0.3, 0.4) is 0 Å². The largest absolute Gasteiger partial charge is 0.346 e. The van der Waals surface area contributed by atoms with Gasteiger partial charge < -0.3 is 5.32 Å². The number of carbonyl (C=O) groups is 1. The molecule has 170 valence electrons. The van der Waals surface area contributed by atoms with Gasteiger partial charge in [-0.05, 0) is 43.4 Å². The summed E-state index contributed by atoms with van der Waals surface area (Å²) >= 11 is 0. The lowest BCUT2D eigenvalue weighted by molar-refractivity contribution is -0.117. The highest BCUT2D eigenvalue weighted by Crippen LogP contribution is 2.26. The van der Waals surface area contributed by atoms with Crippen molar-refractivity contribution in [1.29, 1.82) is 0 Å². The third-order valence-electron chi connectivity index (χ3n) is 5.71. The molecular formula is C21H31N5O4S. The van der Waals surface area contributed by atoms with E-state index in [2.05, 4.69) is 17.3 Å². The molecule has 0 aliphatic carbocycles. The number of sulfonamides is 1. The van der Waals surface area contributed by atoms with Crippen molar-refractivity contribution >= 4 is 21.6 Å². The monoisotopic (exact) mass is 449 g/mol. The first-order valence-corrected chi connectivity index (χ1v) is 12.5. The van der Waals surface area contributed by atoms with Crippen LogP contribution in [0.4, 0.5) is 5.69 Å². The maximum absolute atomic E-state index is 12.6. The van der Waals surface area contributed by atoms with Gasteiger partial charge in [-0.15, -0.1) is 0 Å². The molecule has 0 saturated carbocycles. The number of aryl methyl sites for hydroxylation is 1. The Balaban J connectivity index is 1.62. The molecular weight excluding hydrogens is 418 g/mol. The van der Waals surface area contributed by atoms with E-state index in [9.17, 15) is 18.0 Å². The Hall–Kier alpha value is -2.46. The number of hydrogen-bond donors (Lipinski definition) is 1. The fourth-order valence-corrected chi connectivity index (χ4v) is 4.76. The highest BCUT2D eigenvalue weighted by molar-refractivity contribution is 7.88. The van der Waals surface area contributed by atoms with Crippen molar-refractivity contribution < 1.29 is 13.2 Å². The van der Waals surface area contributed by atoms with E-state index in [4.69, 9.17) is 0 Å². The Morgan fingerprint density at radius 3 is 2.42 bits per heavy atom. The van der Waals surface area contributed by atoms with E-state index in [0.29, 0.717) is 37.4 Å². The van der Waals surface area contributed by atoms with E-state index >= 15 is 0 Å². The van der Waals surface area contributed by atoms with Crippen LogP contribution < -0.4 is 11.0 Å². The summed E-state index contributed by atoms with van der Waals surface area (Å²) in [5, 5.41) is 7.20. The summed E-state index contributed by atoms with van der Waals surface area (Å²) in [7, 11) is -1.58. The van der Waals surface area contributed by atoms with Gasteiger partial charge in [0.15, 0.2) is 0 Å². The summed E-state index contributed by atoms with van der Waals surface area (Å²) in [6, 6.07) is 7.73. The zero-order valence-electron chi connectivity index (χ0n) is 18.4. The normalized spacial score (nSPS) is 15.8. The summed E-state index contributed by atoms with van der Waals surface area (Å²) < 4.78 is 27.5. The molecule has 9 nitrogen and oxygen atoms in total. The maximum Gasteiger partial charge on any atom is 0.346 e. The summed E-state index contributed by atoms with van der Waals surface area (Å²) in [4.78, 5) is 25.0. The molecule has 0 radical (unpaired) electrons. The average Bonchev–Trinajstić information content (AvgIpc) is 3.01. The second kappa shape index (κ2) is 9.78. The topological polar surface area (TPSA) is 106 Å². The number of carbonyl (C=O) groups excluding carboxylic acids is 1. The first kappa shape index (κ1) is 23.2. The highest BCUT2D eigenvalue weighted by atomic mass is 32.2. The van der Waals surface area contributed by atoms with Crippen LogP contribution in [0.25, 0.3) is 0 Å². The zero-order valence-corrected chi connectivity index (χ0v) is 19.2. The number of aromatic nitrogens is 3. The second-order valence-corrected chi connectivity index (χ2v) is 10.1. The summed E-state index contributed by atoms with van der Waals surface area (Å²) in [5.41, 5.74) is 1.56. The molecule has 0 unspecified atom stereocenters. The number of hydrogen-bond acceptors (Lipinski definition) is 5. The lowest BCUT2D eigenvalue weighted by Gasteiger charge is -2.29. The first-order valence-electron chi connectivity index (χ1n) is 10.7. The predicted molar refractivity (Wildman–Crippen MR) is 120 cm³/mol. The third-order valence-corrected chi connectivity index (χ3v) is 7.02. The van der Waals surface area contributed by atoms with Crippen molar-refractivity contribution in [3.63, 3.8) is 0 Å². The summed E-state index contributed by atoms with van der Waals surface area (Å²) in [5.74, 6) is 0.252. The van der Waals surface area contributed by atoms with Crippen LogP contribution in [0.1, 0.15) is 49.9 Å². The van der Waals surface area contributed by atoms with Crippen molar-refractivity contribution in [2.45, 2.75) is 51.5 Å². The quantitative estimate of drug-likeness (QED) is 0.660. The number of anilines is 1. The minimum atomic E-state index is -3.21. The van der Waals surface area contributed by atoms with E-state index in [-0.39, 0.29) is 24.1 Å². The minimum absolute atomic E-state index is 0.0179. The first-order chi connectivity index (χ1) is 14.7. The SMILES string of the molecule is CCCCc1ccc(NC(=O)Cn2nc(C3CCN(S(C)(=O)=O)CC3)n(C)c2=O)cc1. The molecule has 2 aromatic rings. The molecule has 1 N–H and O–H groups in total. The molecule has 0 bridgehead atoms. The number of unbranched alkanes of at least 4 members (excludes halogenated alkanes) is 1. The van der Waals surface area contributed by atoms with Crippen molar-refractivity contribution in [3.05, 3.63) is 46.1 Å². The van der Waals surface area contributed by atoms with E-state index in [0.717, 1.165) is 19.3 Å². The fourth-order valence-electron chi connectivity index (χ4n) is 3.88. The molecule has 0 spiro atoms. The number of piperidine rings is 1. The van der Waals surface area contributed by atoms with Gasteiger partial charge in [0.25, 0.3) is 0 Å². The van der Waals surface area contributed by atoms with Crippen LogP contribution in [0.5, 0.6) is 0 Å². The predicted octanol–water partition coefficient (Wildman–Crippen LogP) is 1.70. The Labute approximate surface area is 183 Å². The second-order valence-electron chi connectivity index (χ2n) is 8.14. The zero-order chi connectivity index (χ0) is 22.6. The molecule has 1 saturated heterocycles. The molecule has 1 aliphatic rings. The Bertz CT molecular complexity index is 1060. The summed E-state index contributed by atoms with van der Waals surface area (Å²) in [6.07, 6.45) is 5.66. The number of benzene rings is 1. The number of nitrogens with zero attached hydrogens (tertiary/aromatic N) is 4. The van der Waals surface area contributed by atoms with Crippen molar-refractivity contribution in [3.8, 4) is 0 Å². The molecule has 1 aliphatic heterocycles. The summed E-state index contributed by atoms with van der Waals surface area (Å²) in [6.45, 7) is 2.78. The molecule has 1 aromatic carbocycles. The standard InChI is InChI=1S/C21H31N5O4S/c1-4-5-6-16-7-9-18(10-8-16)22-19(27)15-26-21(28)24(2)20(23-26)17-11-13-25(14-12-17)31(3,29)30/h7-10,17H,4-6,11-15H2,1-3H3,(H,22,27). The maximum atomic E-state index is 12.6. The average molecular weight is 450 g/mol. The number of nitrogens with one attached hydrogen (secondary N) is 1. The van der Waals surface area contributed by atoms with Crippen LogP contribution in [-0.4, -0.2) is 52.3 Å². The highest BCUT2D eigenvalue weighted by Gasteiger charge is 2.29. The van der Waals surface area contributed by atoms with Gasteiger partial charge in [0, 0.05) is 31.7 Å². The van der Waals surface area contributed by atoms with Gasteiger partial charge >= 0.3 is 5.69 Å². The van der Waals surface area contributed by atoms with Crippen LogP contribution in [0.15, 0.2) is 29.1 Å². The molecule has 3 rings (SSSR count). The van der Waals surface area contributed by atoms with E-state index in [1.165, 1.54) is 25.4 Å². The van der Waals surface area contributed by atoms with Crippen LogP contribution >= 0.6 is 0 Å². The molecule has 0 atom stereocenters. The van der Waals surface area contributed by atoms with Gasteiger partial charge in [-0.3, -0.25) is 9.36 Å². The Morgan fingerprint density at radius 2 is 1.84 bits per heavy atom. The van der Waals surface area contributed by atoms with Gasteiger partial charge in [-0.2, -0.15) is 5.10 Å². The minimum Gasteiger partial charge on any atom is -0.324 e. The van der Waals surface area contributed by atoms with Gasteiger partial charge in [0.1, 0.15) is 12.4 Å². The lowest BCUT2D eigenvalue weighted by Crippen LogP contribution is -2.37. The molecule has 2 heterocycles. The smallest absolute Gasteiger partial charge is 0.324 e. The number of rotatable bonds is 8. The van der Waals surface area contributed by atoms with Crippen LogP contribution in [-0.2, 0) is 34.8 Å². The molecule has 31 heavy (non-hydrogen) atoms. The van der Waals surface area contributed by atoms with Crippen molar-refractivity contribution in [1.82, 2.24) is 18.7 Å². The molecule has 1 aromatic heterocycles. The van der Waals surface area contributed by atoms with Crippen molar-refractivity contribution in [2.24, 2.45) is 7.05 Å². The van der Waals surface area contributed by atoms with Gasteiger partial charge in [-0.1, -0.05) is 25.5 Å².